The third kappa shape index (κ3) is 4.46. The first kappa shape index (κ1) is 15.3. The van der Waals surface area contributed by atoms with E-state index in [-0.39, 0.29) is 11.9 Å². The van der Waals surface area contributed by atoms with E-state index in [9.17, 15) is 4.39 Å². The monoisotopic (exact) mass is 289 g/mol. The van der Waals surface area contributed by atoms with Crippen molar-refractivity contribution in [2.24, 2.45) is 0 Å². The summed E-state index contributed by atoms with van der Waals surface area (Å²) in [6, 6.07) is 14.2. The van der Waals surface area contributed by atoms with Crippen molar-refractivity contribution in [2.75, 3.05) is 20.3 Å². The van der Waals surface area contributed by atoms with E-state index in [4.69, 9.17) is 9.47 Å². The highest BCUT2D eigenvalue weighted by Crippen LogP contribution is 2.25. The zero-order chi connectivity index (χ0) is 15.1. The number of para-hydroxylation sites is 2. The minimum absolute atomic E-state index is 0.0713. The highest BCUT2D eigenvalue weighted by atomic mass is 19.1. The zero-order valence-electron chi connectivity index (χ0n) is 12.3. The van der Waals surface area contributed by atoms with Gasteiger partial charge < -0.3 is 14.8 Å². The van der Waals surface area contributed by atoms with Crippen LogP contribution in [0.25, 0.3) is 0 Å². The molecule has 0 radical (unpaired) electrons. The van der Waals surface area contributed by atoms with Gasteiger partial charge in [-0.1, -0.05) is 24.3 Å². The first-order chi connectivity index (χ1) is 10.2. The van der Waals surface area contributed by atoms with Crippen molar-refractivity contribution < 1.29 is 13.9 Å². The molecule has 3 nitrogen and oxygen atoms in total. The van der Waals surface area contributed by atoms with Gasteiger partial charge >= 0.3 is 0 Å². The Balaban J connectivity index is 1.79. The molecule has 0 heterocycles. The van der Waals surface area contributed by atoms with Crippen LogP contribution in [0, 0.1) is 5.82 Å². The normalized spacial score (nSPS) is 12.0. The van der Waals surface area contributed by atoms with Crippen LogP contribution in [-0.4, -0.2) is 20.3 Å². The van der Waals surface area contributed by atoms with Gasteiger partial charge in [0.15, 0.2) is 11.5 Å². The third-order valence-electron chi connectivity index (χ3n) is 3.23. The van der Waals surface area contributed by atoms with Gasteiger partial charge in [0.2, 0.25) is 0 Å². The van der Waals surface area contributed by atoms with Crippen molar-refractivity contribution in [1.29, 1.82) is 0 Å². The predicted octanol–water partition coefficient (Wildman–Crippen LogP) is 3.56. The van der Waals surface area contributed by atoms with Crippen molar-refractivity contribution in [1.82, 2.24) is 5.32 Å². The lowest BCUT2D eigenvalue weighted by atomic mass is 10.1. The molecule has 0 saturated heterocycles. The van der Waals surface area contributed by atoms with Crippen LogP contribution in [0.2, 0.25) is 0 Å². The summed E-state index contributed by atoms with van der Waals surface area (Å²) in [4.78, 5) is 0. The topological polar surface area (TPSA) is 30.5 Å². The second-order valence-corrected chi connectivity index (χ2v) is 4.73. The average molecular weight is 289 g/mol. The number of halogens is 1. The summed E-state index contributed by atoms with van der Waals surface area (Å²) >= 11 is 0. The summed E-state index contributed by atoms with van der Waals surface area (Å²) in [6.07, 6.45) is 0. The fraction of sp³-hybridized carbons (Fsp3) is 0.294. The molecule has 0 aliphatic heterocycles. The second-order valence-electron chi connectivity index (χ2n) is 4.73. The summed E-state index contributed by atoms with van der Waals surface area (Å²) < 4.78 is 24.0. The molecule has 1 unspecified atom stereocenters. The van der Waals surface area contributed by atoms with E-state index in [0.717, 1.165) is 17.1 Å². The lowest BCUT2D eigenvalue weighted by Crippen LogP contribution is -2.24. The molecule has 0 aliphatic carbocycles. The van der Waals surface area contributed by atoms with Gasteiger partial charge in [0.1, 0.15) is 12.4 Å². The summed E-state index contributed by atoms with van der Waals surface area (Å²) in [5, 5.41) is 3.30. The SMILES string of the molecule is COc1ccccc1OCCNC(C)c1cccc(F)c1. The van der Waals surface area contributed by atoms with Crippen molar-refractivity contribution in [3.05, 3.63) is 59.9 Å². The number of ether oxygens (including phenoxy) is 2. The molecule has 0 spiro atoms. The number of methoxy groups -OCH3 is 1. The van der Waals surface area contributed by atoms with Crippen LogP contribution in [-0.2, 0) is 0 Å². The van der Waals surface area contributed by atoms with E-state index in [0.29, 0.717) is 13.2 Å². The molecule has 4 heteroatoms. The fourth-order valence-electron chi connectivity index (χ4n) is 2.07. The van der Waals surface area contributed by atoms with Gasteiger partial charge in [-0.25, -0.2) is 4.39 Å². The Labute approximate surface area is 124 Å². The molecular formula is C17H20FNO2. The molecule has 21 heavy (non-hydrogen) atoms. The Kier molecular flexibility index (Phi) is 5.58. The number of benzene rings is 2. The summed E-state index contributed by atoms with van der Waals surface area (Å²) in [5.74, 6) is 1.22. The van der Waals surface area contributed by atoms with E-state index in [1.165, 1.54) is 6.07 Å². The Hall–Kier alpha value is -2.07. The van der Waals surface area contributed by atoms with Gasteiger partial charge in [0.25, 0.3) is 0 Å². The van der Waals surface area contributed by atoms with Gasteiger partial charge in [-0.2, -0.15) is 0 Å². The maximum atomic E-state index is 13.2. The molecule has 0 amide bonds. The first-order valence-corrected chi connectivity index (χ1v) is 6.95. The standard InChI is InChI=1S/C17H20FNO2/c1-13(14-6-5-7-15(18)12-14)19-10-11-21-17-9-4-3-8-16(17)20-2/h3-9,12-13,19H,10-11H2,1-2H3. The van der Waals surface area contributed by atoms with Gasteiger partial charge in [0.05, 0.1) is 7.11 Å². The molecule has 0 aromatic heterocycles. The number of hydrogen-bond acceptors (Lipinski definition) is 3. The highest BCUT2D eigenvalue weighted by molar-refractivity contribution is 5.39. The molecule has 2 aromatic carbocycles. The van der Waals surface area contributed by atoms with Gasteiger partial charge in [-0.3, -0.25) is 0 Å². The molecule has 1 N–H and O–H groups in total. The van der Waals surface area contributed by atoms with Crippen LogP contribution >= 0.6 is 0 Å². The van der Waals surface area contributed by atoms with Crippen molar-refractivity contribution in [3.63, 3.8) is 0 Å². The third-order valence-corrected chi connectivity index (χ3v) is 3.23. The number of hydrogen-bond donors (Lipinski definition) is 1. The molecular weight excluding hydrogens is 269 g/mol. The average Bonchev–Trinajstić information content (AvgIpc) is 2.51. The number of rotatable bonds is 7. The molecule has 2 rings (SSSR count). The maximum absolute atomic E-state index is 13.2. The van der Waals surface area contributed by atoms with Crippen molar-refractivity contribution in [3.8, 4) is 11.5 Å². The lowest BCUT2D eigenvalue weighted by molar-refractivity contribution is 0.287. The van der Waals surface area contributed by atoms with Crippen LogP contribution in [0.5, 0.6) is 11.5 Å². The van der Waals surface area contributed by atoms with Crippen LogP contribution in [0.1, 0.15) is 18.5 Å². The van der Waals surface area contributed by atoms with E-state index < -0.39 is 0 Å². The maximum Gasteiger partial charge on any atom is 0.161 e. The molecule has 0 fully saturated rings. The van der Waals surface area contributed by atoms with E-state index in [1.54, 1.807) is 19.2 Å². The van der Waals surface area contributed by atoms with Crippen LogP contribution < -0.4 is 14.8 Å². The Morgan fingerprint density at radius 1 is 1.10 bits per heavy atom. The quantitative estimate of drug-likeness (QED) is 0.791. The van der Waals surface area contributed by atoms with E-state index in [2.05, 4.69) is 5.32 Å². The zero-order valence-corrected chi connectivity index (χ0v) is 12.3. The van der Waals surface area contributed by atoms with Crippen LogP contribution in [0.3, 0.4) is 0 Å². The molecule has 2 aromatic rings. The molecule has 0 saturated carbocycles. The van der Waals surface area contributed by atoms with Crippen LogP contribution in [0.15, 0.2) is 48.5 Å². The van der Waals surface area contributed by atoms with Crippen LogP contribution in [0.4, 0.5) is 4.39 Å². The fourth-order valence-corrected chi connectivity index (χ4v) is 2.07. The second kappa shape index (κ2) is 7.64. The molecule has 1 atom stereocenters. The highest BCUT2D eigenvalue weighted by Gasteiger charge is 2.06. The van der Waals surface area contributed by atoms with Gasteiger partial charge in [-0.15, -0.1) is 0 Å². The van der Waals surface area contributed by atoms with Gasteiger partial charge in [-0.05, 0) is 36.8 Å². The Morgan fingerprint density at radius 3 is 2.57 bits per heavy atom. The summed E-state index contributed by atoms with van der Waals surface area (Å²) in [5.41, 5.74) is 0.923. The predicted molar refractivity (Wildman–Crippen MR) is 81.3 cm³/mol. The minimum Gasteiger partial charge on any atom is -0.493 e. The largest absolute Gasteiger partial charge is 0.493 e. The smallest absolute Gasteiger partial charge is 0.161 e. The Bertz CT molecular complexity index is 574. The lowest BCUT2D eigenvalue weighted by Gasteiger charge is -2.15. The summed E-state index contributed by atoms with van der Waals surface area (Å²) in [6.45, 7) is 3.17. The molecule has 0 aliphatic rings. The van der Waals surface area contributed by atoms with Crippen molar-refractivity contribution >= 4 is 0 Å². The Morgan fingerprint density at radius 2 is 1.86 bits per heavy atom. The summed E-state index contributed by atoms with van der Waals surface area (Å²) in [7, 11) is 1.62. The molecule has 112 valence electrons. The first-order valence-electron chi connectivity index (χ1n) is 6.95. The van der Waals surface area contributed by atoms with Gasteiger partial charge in [0, 0.05) is 12.6 Å². The van der Waals surface area contributed by atoms with E-state index >= 15 is 0 Å². The minimum atomic E-state index is -0.216. The van der Waals surface area contributed by atoms with E-state index in [1.807, 2.05) is 37.3 Å². The molecule has 0 bridgehead atoms. The number of nitrogens with one attached hydrogen (secondary N) is 1. The van der Waals surface area contributed by atoms with Crippen molar-refractivity contribution in [2.45, 2.75) is 13.0 Å².